The molecule has 7 heteroatoms. The molecule has 1 N–H and O–H groups in total. The van der Waals surface area contributed by atoms with Crippen molar-refractivity contribution in [1.29, 1.82) is 0 Å². The molecule has 160 valence electrons. The maximum atomic E-state index is 13.4. The third kappa shape index (κ3) is 4.78. The Labute approximate surface area is 181 Å². The van der Waals surface area contributed by atoms with Gasteiger partial charge in [0.1, 0.15) is 18.2 Å². The van der Waals surface area contributed by atoms with Crippen LogP contribution in [0.15, 0.2) is 66.7 Å². The van der Waals surface area contributed by atoms with Gasteiger partial charge in [-0.25, -0.2) is 22.9 Å². The van der Waals surface area contributed by atoms with Crippen LogP contribution in [0.5, 0.6) is 5.75 Å². The van der Waals surface area contributed by atoms with Crippen LogP contribution < -0.4 is 4.74 Å². The van der Waals surface area contributed by atoms with E-state index < -0.39 is 23.4 Å². The van der Waals surface area contributed by atoms with Crippen LogP contribution in [0.3, 0.4) is 0 Å². The summed E-state index contributed by atoms with van der Waals surface area (Å²) in [6.45, 7) is -0.0905. The highest BCUT2D eigenvalue weighted by Gasteiger charge is 2.11. The van der Waals surface area contributed by atoms with Crippen molar-refractivity contribution in [2.24, 2.45) is 0 Å². The van der Waals surface area contributed by atoms with Crippen LogP contribution in [-0.4, -0.2) is 16.1 Å². The molecule has 1 heterocycles. The molecule has 4 rings (SSSR count). The van der Waals surface area contributed by atoms with Gasteiger partial charge in [-0.3, -0.25) is 0 Å². The first kappa shape index (κ1) is 21.1. The summed E-state index contributed by atoms with van der Waals surface area (Å²) in [7, 11) is 0. The number of hydrogen-bond acceptors (Lipinski definition) is 3. The molecule has 0 unspecified atom stereocenters. The number of carboxylic acid groups (broad SMARTS) is 1. The summed E-state index contributed by atoms with van der Waals surface area (Å²) in [5, 5.41) is 9.71. The van der Waals surface area contributed by atoms with Gasteiger partial charge in [0.25, 0.3) is 0 Å². The summed E-state index contributed by atoms with van der Waals surface area (Å²) in [6.07, 6.45) is 3.54. The molecule has 1 aromatic heterocycles. The standard InChI is InChI=1S/C25H16F3NO3/c26-18-5-10-21(25(30)31)17(11-18)14-32-20-8-2-15(3-9-20)1-6-19-7-4-16-12-22(27)23(28)13-24(16)29-19/h1-13H,14H2,(H,30,31). The van der Waals surface area contributed by atoms with Crippen molar-refractivity contribution in [3.8, 4) is 5.75 Å². The number of halogens is 3. The Morgan fingerprint density at radius 2 is 1.66 bits per heavy atom. The third-order valence-electron chi connectivity index (χ3n) is 4.77. The Morgan fingerprint density at radius 3 is 2.41 bits per heavy atom. The number of fused-ring (bicyclic) bond motifs is 1. The van der Waals surface area contributed by atoms with E-state index in [0.717, 1.165) is 29.8 Å². The number of aromatic nitrogens is 1. The molecule has 0 bridgehead atoms. The van der Waals surface area contributed by atoms with Crippen molar-refractivity contribution in [3.05, 3.63) is 107 Å². The van der Waals surface area contributed by atoms with Crippen LogP contribution in [0.4, 0.5) is 13.2 Å². The van der Waals surface area contributed by atoms with Crippen molar-refractivity contribution in [2.75, 3.05) is 0 Å². The second kappa shape index (κ2) is 8.93. The first-order valence-corrected chi connectivity index (χ1v) is 9.57. The largest absolute Gasteiger partial charge is 0.489 e. The van der Waals surface area contributed by atoms with Crippen LogP contribution in [0.2, 0.25) is 0 Å². The zero-order valence-electron chi connectivity index (χ0n) is 16.6. The van der Waals surface area contributed by atoms with Crippen LogP contribution in [0, 0.1) is 17.5 Å². The summed E-state index contributed by atoms with van der Waals surface area (Å²) in [6, 6.07) is 15.9. The van der Waals surface area contributed by atoms with E-state index in [-0.39, 0.29) is 17.7 Å². The fourth-order valence-electron chi connectivity index (χ4n) is 3.13. The predicted molar refractivity (Wildman–Crippen MR) is 115 cm³/mol. The van der Waals surface area contributed by atoms with Gasteiger partial charge in [-0.15, -0.1) is 0 Å². The summed E-state index contributed by atoms with van der Waals surface area (Å²) in [5.41, 5.74) is 1.99. The highest BCUT2D eigenvalue weighted by atomic mass is 19.2. The molecule has 4 aromatic rings. The second-order valence-corrected chi connectivity index (χ2v) is 6.99. The molecule has 32 heavy (non-hydrogen) atoms. The first-order chi connectivity index (χ1) is 15.4. The van der Waals surface area contributed by atoms with Crippen molar-refractivity contribution >= 4 is 29.0 Å². The maximum absolute atomic E-state index is 13.4. The van der Waals surface area contributed by atoms with Gasteiger partial charge in [-0.05, 0) is 54.1 Å². The molecule has 0 radical (unpaired) electrons. The van der Waals surface area contributed by atoms with Gasteiger partial charge in [-0.1, -0.05) is 24.3 Å². The molecule has 4 nitrogen and oxygen atoms in total. The van der Waals surface area contributed by atoms with Crippen molar-refractivity contribution < 1.29 is 27.8 Å². The minimum atomic E-state index is -1.15. The number of carbonyl (C=O) groups is 1. The number of hydrogen-bond donors (Lipinski definition) is 1. The van der Waals surface area contributed by atoms with Crippen molar-refractivity contribution in [2.45, 2.75) is 6.61 Å². The van der Waals surface area contributed by atoms with E-state index >= 15 is 0 Å². The molecule has 0 atom stereocenters. The van der Waals surface area contributed by atoms with Gasteiger partial charge in [0.2, 0.25) is 0 Å². The lowest BCUT2D eigenvalue weighted by atomic mass is 10.1. The molecule has 0 saturated carbocycles. The molecule has 0 fully saturated rings. The molecule has 0 aliphatic heterocycles. The van der Waals surface area contributed by atoms with Gasteiger partial charge in [0.05, 0.1) is 16.8 Å². The number of aromatic carboxylic acids is 1. The molecule has 0 amide bonds. The Bertz CT molecular complexity index is 1330. The normalized spacial score (nSPS) is 11.2. The van der Waals surface area contributed by atoms with Gasteiger partial charge in [-0.2, -0.15) is 0 Å². The first-order valence-electron chi connectivity index (χ1n) is 9.57. The minimum absolute atomic E-state index is 0.0172. The van der Waals surface area contributed by atoms with E-state index in [4.69, 9.17) is 4.74 Å². The average molecular weight is 435 g/mol. The second-order valence-electron chi connectivity index (χ2n) is 6.99. The van der Waals surface area contributed by atoms with Crippen molar-refractivity contribution in [3.63, 3.8) is 0 Å². The molecule has 0 saturated heterocycles. The average Bonchev–Trinajstić information content (AvgIpc) is 2.77. The van der Waals surface area contributed by atoms with Crippen LogP contribution in [0.25, 0.3) is 23.1 Å². The molecular weight excluding hydrogens is 419 g/mol. The Hall–Kier alpha value is -4.13. The Morgan fingerprint density at radius 1 is 0.906 bits per heavy atom. The number of benzene rings is 3. The summed E-state index contributed by atoms with van der Waals surface area (Å²) in [5.74, 6) is -3.07. The molecule has 0 aliphatic rings. The number of pyridine rings is 1. The summed E-state index contributed by atoms with van der Waals surface area (Å²) < 4.78 is 45.8. The number of carboxylic acids is 1. The maximum Gasteiger partial charge on any atom is 0.336 e. The van der Waals surface area contributed by atoms with Crippen LogP contribution in [-0.2, 0) is 6.61 Å². The Kier molecular flexibility index (Phi) is 5.89. The van der Waals surface area contributed by atoms with E-state index in [1.807, 2.05) is 0 Å². The fourth-order valence-corrected chi connectivity index (χ4v) is 3.13. The quantitative estimate of drug-likeness (QED) is 0.398. The number of rotatable bonds is 6. The van der Waals surface area contributed by atoms with E-state index in [1.165, 1.54) is 6.07 Å². The SMILES string of the molecule is O=C(O)c1ccc(F)cc1COc1ccc(C=Cc2ccc3cc(F)c(F)cc3n2)cc1. The lowest BCUT2D eigenvalue weighted by molar-refractivity contribution is 0.0694. The summed E-state index contributed by atoms with van der Waals surface area (Å²) >= 11 is 0. The number of ether oxygens (including phenoxy) is 1. The smallest absolute Gasteiger partial charge is 0.336 e. The molecule has 0 aliphatic carbocycles. The Balaban J connectivity index is 1.45. The van der Waals surface area contributed by atoms with Crippen LogP contribution >= 0.6 is 0 Å². The highest BCUT2D eigenvalue weighted by molar-refractivity contribution is 5.89. The van der Waals surface area contributed by atoms with E-state index in [1.54, 1.807) is 48.6 Å². The van der Waals surface area contributed by atoms with E-state index in [0.29, 0.717) is 22.3 Å². The monoisotopic (exact) mass is 435 g/mol. The zero-order chi connectivity index (χ0) is 22.7. The van der Waals surface area contributed by atoms with Gasteiger partial charge < -0.3 is 9.84 Å². The third-order valence-corrected chi connectivity index (χ3v) is 4.77. The predicted octanol–water partition coefficient (Wildman–Crippen LogP) is 6.10. The lowest BCUT2D eigenvalue weighted by Crippen LogP contribution is -2.06. The van der Waals surface area contributed by atoms with Gasteiger partial charge in [0, 0.05) is 17.0 Å². The topological polar surface area (TPSA) is 59.4 Å². The van der Waals surface area contributed by atoms with Crippen molar-refractivity contribution in [1.82, 2.24) is 4.98 Å². The fraction of sp³-hybridized carbons (Fsp3) is 0.0400. The highest BCUT2D eigenvalue weighted by Crippen LogP contribution is 2.20. The molecular formula is C25H16F3NO3. The van der Waals surface area contributed by atoms with Crippen LogP contribution in [0.1, 0.15) is 27.2 Å². The molecule has 3 aromatic carbocycles. The molecule has 0 spiro atoms. The van der Waals surface area contributed by atoms with E-state index in [9.17, 15) is 23.1 Å². The van der Waals surface area contributed by atoms with Gasteiger partial charge >= 0.3 is 5.97 Å². The lowest BCUT2D eigenvalue weighted by Gasteiger charge is -2.09. The van der Waals surface area contributed by atoms with E-state index in [2.05, 4.69) is 4.98 Å². The summed E-state index contributed by atoms with van der Waals surface area (Å²) in [4.78, 5) is 15.6. The van der Waals surface area contributed by atoms with Gasteiger partial charge in [0.15, 0.2) is 11.6 Å². The zero-order valence-corrected chi connectivity index (χ0v) is 16.6. The number of nitrogens with zero attached hydrogens (tertiary/aromatic N) is 1. The minimum Gasteiger partial charge on any atom is -0.489 e.